The van der Waals surface area contributed by atoms with Crippen LogP contribution < -0.4 is 16.1 Å². The van der Waals surface area contributed by atoms with Crippen LogP contribution in [0.3, 0.4) is 0 Å². The molecule has 0 amide bonds. The summed E-state index contributed by atoms with van der Waals surface area (Å²) in [7, 11) is 3.20. The van der Waals surface area contributed by atoms with Crippen LogP contribution in [0.5, 0.6) is 0 Å². The van der Waals surface area contributed by atoms with Gasteiger partial charge in [-0.05, 0) is 25.2 Å². The minimum Gasteiger partial charge on any atom is -0.342 e. The summed E-state index contributed by atoms with van der Waals surface area (Å²) in [5, 5.41) is 0. The molecule has 0 N–H and O–H groups in total. The normalized spacial score (nSPS) is 15.8. The number of hydrogen-bond acceptors (Lipinski definition) is 4. The zero-order valence-electron chi connectivity index (χ0n) is 14.4. The maximum absolute atomic E-state index is 12.7. The predicted molar refractivity (Wildman–Crippen MR) is 91.1 cm³/mol. The predicted octanol–water partition coefficient (Wildman–Crippen LogP) is 1.08. The number of piperidine rings is 1. The zero-order valence-corrected chi connectivity index (χ0v) is 14.4. The maximum atomic E-state index is 12.7. The van der Waals surface area contributed by atoms with Crippen molar-refractivity contribution in [3.05, 3.63) is 20.8 Å². The number of nitrogens with zero attached hydrogens (tertiary/aromatic N) is 5. The molecule has 1 aliphatic heterocycles. The first-order valence-electron chi connectivity index (χ1n) is 8.33. The molecular weight excluding hydrogens is 294 g/mol. The second kappa shape index (κ2) is 5.86. The fourth-order valence-corrected chi connectivity index (χ4v) is 3.31. The van der Waals surface area contributed by atoms with E-state index < -0.39 is 0 Å². The van der Waals surface area contributed by atoms with Gasteiger partial charge in [0.15, 0.2) is 11.2 Å². The van der Waals surface area contributed by atoms with E-state index in [-0.39, 0.29) is 11.2 Å². The highest BCUT2D eigenvalue weighted by molar-refractivity contribution is 5.74. The van der Waals surface area contributed by atoms with Gasteiger partial charge in [-0.25, -0.2) is 4.79 Å². The molecule has 3 heterocycles. The van der Waals surface area contributed by atoms with E-state index in [1.165, 1.54) is 22.6 Å². The van der Waals surface area contributed by atoms with Crippen molar-refractivity contribution in [3.8, 4) is 0 Å². The van der Waals surface area contributed by atoms with Crippen LogP contribution in [0.25, 0.3) is 11.2 Å². The number of aryl methyl sites for hydroxylation is 1. The van der Waals surface area contributed by atoms with Gasteiger partial charge in [0.1, 0.15) is 0 Å². The van der Waals surface area contributed by atoms with Gasteiger partial charge in [0.25, 0.3) is 5.56 Å². The van der Waals surface area contributed by atoms with Crippen LogP contribution in [0, 0.1) is 5.92 Å². The molecule has 7 nitrogen and oxygen atoms in total. The van der Waals surface area contributed by atoms with Gasteiger partial charge >= 0.3 is 5.69 Å². The third-order valence-electron chi connectivity index (χ3n) is 4.51. The van der Waals surface area contributed by atoms with Crippen LogP contribution in [-0.2, 0) is 20.6 Å². The largest absolute Gasteiger partial charge is 0.342 e. The summed E-state index contributed by atoms with van der Waals surface area (Å²) in [6.45, 7) is 6.87. The Kier molecular flexibility index (Phi) is 4.04. The van der Waals surface area contributed by atoms with Crippen molar-refractivity contribution in [1.82, 2.24) is 18.7 Å². The van der Waals surface area contributed by atoms with Crippen LogP contribution in [-0.4, -0.2) is 31.8 Å². The van der Waals surface area contributed by atoms with Crippen molar-refractivity contribution in [3.63, 3.8) is 0 Å². The maximum Gasteiger partial charge on any atom is 0.332 e. The summed E-state index contributed by atoms with van der Waals surface area (Å²) in [6, 6.07) is 0. The average Bonchev–Trinajstić information content (AvgIpc) is 2.90. The lowest BCUT2D eigenvalue weighted by atomic mass is 10.1. The molecule has 7 heteroatoms. The summed E-state index contributed by atoms with van der Waals surface area (Å²) < 4.78 is 4.65. The first-order chi connectivity index (χ1) is 10.9. The fraction of sp³-hybridized carbons (Fsp3) is 0.688. The van der Waals surface area contributed by atoms with E-state index in [1.54, 1.807) is 7.05 Å². The molecule has 0 saturated carbocycles. The number of aromatic nitrogens is 4. The quantitative estimate of drug-likeness (QED) is 0.849. The molecule has 0 radical (unpaired) electrons. The number of hydrogen-bond donors (Lipinski definition) is 0. The van der Waals surface area contributed by atoms with E-state index in [2.05, 4.69) is 18.7 Å². The Labute approximate surface area is 135 Å². The van der Waals surface area contributed by atoms with Gasteiger partial charge in [0, 0.05) is 33.7 Å². The van der Waals surface area contributed by atoms with Crippen LogP contribution >= 0.6 is 0 Å². The van der Waals surface area contributed by atoms with Crippen molar-refractivity contribution in [2.45, 2.75) is 39.7 Å². The third-order valence-corrected chi connectivity index (χ3v) is 4.51. The van der Waals surface area contributed by atoms with E-state index in [4.69, 9.17) is 4.98 Å². The molecule has 0 unspecified atom stereocenters. The molecule has 1 fully saturated rings. The van der Waals surface area contributed by atoms with Crippen molar-refractivity contribution in [2.75, 3.05) is 18.0 Å². The molecule has 2 aromatic heterocycles. The standard InChI is InChI=1S/C16H25N5O2/c1-11(2)10-21-12-13(18(3)16(23)19(4)14(12)22)17-15(21)20-8-6-5-7-9-20/h11H,5-10H2,1-4H3. The van der Waals surface area contributed by atoms with Gasteiger partial charge in [-0.15, -0.1) is 0 Å². The molecule has 0 aromatic carbocycles. The molecule has 0 atom stereocenters. The summed E-state index contributed by atoms with van der Waals surface area (Å²) >= 11 is 0. The molecule has 0 bridgehead atoms. The van der Waals surface area contributed by atoms with Gasteiger partial charge < -0.3 is 9.47 Å². The lowest BCUT2D eigenvalue weighted by Gasteiger charge is -2.28. The second-order valence-electron chi connectivity index (χ2n) is 6.84. The number of imidazole rings is 1. The molecule has 0 aliphatic carbocycles. The number of anilines is 1. The molecule has 3 rings (SSSR count). The SMILES string of the molecule is CC(C)Cn1c(N2CCCCC2)nc2c1c(=O)n(C)c(=O)n2C. The average molecular weight is 319 g/mol. The van der Waals surface area contributed by atoms with Crippen LogP contribution in [0.15, 0.2) is 9.59 Å². The summed E-state index contributed by atoms with van der Waals surface area (Å²) in [6.07, 6.45) is 3.52. The van der Waals surface area contributed by atoms with E-state index in [0.29, 0.717) is 17.1 Å². The van der Waals surface area contributed by atoms with Crippen molar-refractivity contribution in [1.29, 1.82) is 0 Å². The van der Waals surface area contributed by atoms with Gasteiger partial charge in [0.05, 0.1) is 0 Å². The highest BCUT2D eigenvalue weighted by Crippen LogP contribution is 2.24. The Balaban J connectivity index is 2.31. The third kappa shape index (κ3) is 2.58. The zero-order chi connectivity index (χ0) is 16.7. The van der Waals surface area contributed by atoms with Crippen molar-refractivity contribution in [2.24, 2.45) is 20.0 Å². The summed E-state index contributed by atoms with van der Waals surface area (Å²) in [5.41, 5.74) is 0.421. The van der Waals surface area contributed by atoms with E-state index in [9.17, 15) is 9.59 Å². The summed E-state index contributed by atoms with van der Waals surface area (Å²) in [4.78, 5) is 31.8. The van der Waals surface area contributed by atoms with Crippen LogP contribution in [0.4, 0.5) is 5.95 Å². The highest BCUT2D eigenvalue weighted by Gasteiger charge is 2.23. The Morgan fingerprint density at radius 3 is 2.30 bits per heavy atom. The molecule has 1 aliphatic rings. The Morgan fingerprint density at radius 2 is 1.70 bits per heavy atom. The second-order valence-corrected chi connectivity index (χ2v) is 6.84. The number of rotatable bonds is 3. The summed E-state index contributed by atoms with van der Waals surface area (Å²) in [5.74, 6) is 1.21. The molecule has 1 saturated heterocycles. The minimum atomic E-state index is -0.332. The number of fused-ring (bicyclic) bond motifs is 1. The van der Waals surface area contributed by atoms with Crippen molar-refractivity contribution < 1.29 is 0 Å². The van der Waals surface area contributed by atoms with Crippen molar-refractivity contribution >= 4 is 17.1 Å². The first kappa shape index (κ1) is 15.8. The lowest BCUT2D eigenvalue weighted by Crippen LogP contribution is -2.37. The molecule has 2 aromatic rings. The van der Waals surface area contributed by atoms with Gasteiger partial charge in [-0.1, -0.05) is 13.8 Å². The lowest BCUT2D eigenvalue weighted by molar-refractivity contribution is 0.509. The molecule has 23 heavy (non-hydrogen) atoms. The minimum absolute atomic E-state index is 0.264. The van der Waals surface area contributed by atoms with Crippen LogP contribution in [0.1, 0.15) is 33.1 Å². The fourth-order valence-electron chi connectivity index (χ4n) is 3.31. The Morgan fingerprint density at radius 1 is 1.04 bits per heavy atom. The Hall–Kier alpha value is -2.05. The van der Waals surface area contributed by atoms with E-state index >= 15 is 0 Å². The van der Waals surface area contributed by atoms with Gasteiger partial charge in [-0.2, -0.15) is 4.98 Å². The Bertz CT molecular complexity index is 837. The first-order valence-corrected chi connectivity index (χ1v) is 8.33. The van der Waals surface area contributed by atoms with Crippen LogP contribution in [0.2, 0.25) is 0 Å². The molecular formula is C16H25N5O2. The highest BCUT2D eigenvalue weighted by atomic mass is 16.2. The topological polar surface area (TPSA) is 65.1 Å². The van der Waals surface area contributed by atoms with E-state index in [1.807, 2.05) is 4.57 Å². The smallest absolute Gasteiger partial charge is 0.332 e. The monoisotopic (exact) mass is 319 g/mol. The van der Waals surface area contributed by atoms with Gasteiger partial charge in [0.2, 0.25) is 5.95 Å². The van der Waals surface area contributed by atoms with Gasteiger partial charge in [-0.3, -0.25) is 13.9 Å². The molecule has 126 valence electrons. The van der Waals surface area contributed by atoms with E-state index in [0.717, 1.165) is 38.4 Å². The molecule has 0 spiro atoms.